The largest absolute Gasteiger partial charge is 0.494 e. The van der Waals surface area contributed by atoms with Crippen LogP contribution in [0.1, 0.15) is 59.1 Å². The number of halogens is 1. The zero-order chi connectivity index (χ0) is 25.7. The third kappa shape index (κ3) is 6.00. The number of hydrogen-bond donors (Lipinski definition) is 1. The highest BCUT2D eigenvalue weighted by molar-refractivity contribution is 6.31. The Hall–Kier alpha value is -3.51. The first kappa shape index (κ1) is 25.6. The molecule has 0 aliphatic rings. The summed E-state index contributed by atoms with van der Waals surface area (Å²) in [4.78, 5) is 16.0. The van der Waals surface area contributed by atoms with Crippen molar-refractivity contribution < 1.29 is 19.4 Å². The number of hydrogen-bond acceptors (Lipinski definition) is 4. The molecule has 0 aliphatic heterocycles. The highest BCUT2D eigenvalue weighted by atomic mass is 35.5. The molecule has 188 valence electrons. The van der Waals surface area contributed by atoms with E-state index >= 15 is 0 Å². The number of imidazole rings is 1. The van der Waals surface area contributed by atoms with E-state index in [1.54, 1.807) is 18.2 Å². The first-order valence-electron chi connectivity index (χ1n) is 12.2. The SMILES string of the molecule is CCCCCOc1ccc(Cn2c(C)nc3c(C)cc(OCc4cccc(C(=O)O)c4)cc32)c(Cl)c1. The van der Waals surface area contributed by atoms with E-state index in [4.69, 9.17) is 26.1 Å². The van der Waals surface area contributed by atoms with Gasteiger partial charge in [-0.15, -0.1) is 0 Å². The molecular formula is C29H31ClN2O4. The van der Waals surface area contributed by atoms with E-state index < -0.39 is 5.97 Å². The van der Waals surface area contributed by atoms with Gasteiger partial charge in [0.15, 0.2) is 0 Å². The van der Waals surface area contributed by atoms with E-state index in [0.29, 0.717) is 23.9 Å². The van der Waals surface area contributed by atoms with Gasteiger partial charge in [-0.05, 0) is 67.3 Å². The predicted octanol–water partition coefficient (Wildman–Crippen LogP) is 7.20. The number of carbonyl (C=O) groups is 1. The van der Waals surface area contributed by atoms with Crippen molar-refractivity contribution >= 4 is 28.6 Å². The van der Waals surface area contributed by atoms with Crippen LogP contribution in [0.25, 0.3) is 11.0 Å². The molecule has 7 heteroatoms. The molecule has 0 spiro atoms. The van der Waals surface area contributed by atoms with E-state index in [1.165, 1.54) is 0 Å². The third-order valence-electron chi connectivity index (χ3n) is 6.16. The fourth-order valence-corrected chi connectivity index (χ4v) is 4.41. The van der Waals surface area contributed by atoms with E-state index in [1.807, 2.05) is 50.2 Å². The summed E-state index contributed by atoms with van der Waals surface area (Å²) in [6.07, 6.45) is 3.34. The van der Waals surface area contributed by atoms with Crippen LogP contribution in [-0.2, 0) is 13.2 Å². The van der Waals surface area contributed by atoms with E-state index in [9.17, 15) is 9.90 Å². The van der Waals surface area contributed by atoms with Crippen molar-refractivity contribution in [2.75, 3.05) is 6.61 Å². The predicted molar refractivity (Wildman–Crippen MR) is 143 cm³/mol. The zero-order valence-corrected chi connectivity index (χ0v) is 21.6. The summed E-state index contributed by atoms with van der Waals surface area (Å²) in [5.74, 6) is 1.41. The summed E-state index contributed by atoms with van der Waals surface area (Å²) in [6.45, 7) is 7.69. The van der Waals surface area contributed by atoms with Crippen LogP contribution in [0.3, 0.4) is 0 Å². The van der Waals surface area contributed by atoms with Gasteiger partial charge in [0.05, 0.1) is 29.7 Å². The number of unbranched alkanes of at least 4 members (excludes halogenated alkanes) is 2. The van der Waals surface area contributed by atoms with Crippen molar-refractivity contribution in [1.82, 2.24) is 9.55 Å². The molecular weight excluding hydrogens is 476 g/mol. The number of aryl methyl sites for hydroxylation is 2. The van der Waals surface area contributed by atoms with Gasteiger partial charge in [-0.25, -0.2) is 9.78 Å². The molecule has 0 bridgehead atoms. The van der Waals surface area contributed by atoms with Gasteiger partial charge in [0.1, 0.15) is 23.9 Å². The van der Waals surface area contributed by atoms with Gasteiger partial charge in [-0.1, -0.05) is 49.6 Å². The lowest BCUT2D eigenvalue weighted by Crippen LogP contribution is -2.04. The lowest BCUT2D eigenvalue weighted by atomic mass is 10.1. The number of fused-ring (bicyclic) bond motifs is 1. The van der Waals surface area contributed by atoms with Crippen LogP contribution < -0.4 is 9.47 Å². The number of carboxylic acids is 1. The van der Waals surface area contributed by atoms with Gasteiger partial charge < -0.3 is 19.1 Å². The van der Waals surface area contributed by atoms with Gasteiger partial charge in [0.2, 0.25) is 0 Å². The van der Waals surface area contributed by atoms with Crippen LogP contribution in [-0.4, -0.2) is 27.2 Å². The molecule has 1 N–H and O–H groups in total. The second-order valence-electron chi connectivity index (χ2n) is 8.96. The van der Waals surface area contributed by atoms with E-state index in [2.05, 4.69) is 11.5 Å². The molecule has 0 saturated carbocycles. The smallest absolute Gasteiger partial charge is 0.335 e. The Kier molecular flexibility index (Phi) is 8.16. The molecule has 3 aromatic carbocycles. The van der Waals surface area contributed by atoms with Gasteiger partial charge in [0, 0.05) is 11.1 Å². The molecule has 0 radical (unpaired) electrons. The molecule has 36 heavy (non-hydrogen) atoms. The lowest BCUT2D eigenvalue weighted by molar-refractivity contribution is 0.0696. The number of ether oxygens (including phenoxy) is 2. The number of benzene rings is 3. The van der Waals surface area contributed by atoms with Crippen LogP contribution in [0.5, 0.6) is 11.5 Å². The molecule has 0 atom stereocenters. The summed E-state index contributed by atoms with van der Waals surface area (Å²) in [5, 5.41) is 9.89. The molecule has 0 aliphatic carbocycles. The van der Waals surface area contributed by atoms with Crippen LogP contribution in [0.15, 0.2) is 54.6 Å². The maximum absolute atomic E-state index is 11.3. The molecule has 0 saturated heterocycles. The molecule has 6 nitrogen and oxygen atoms in total. The van der Waals surface area contributed by atoms with Crippen LogP contribution in [0, 0.1) is 13.8 Å². The molecule has 1 aromatic heterocycles. The first-order chi connectivity index (χ1) is 17.4. The minimum atomic E-state index is -0.955. The summed E-state index contributed by atoms with van der Waals surface area (Å²) in [6, 6.07) is 16.5. The standard InChI is InChI=1S/C29H31ClN2O4/c1-4-5-6-12-35-24-11-10-23(26(30)15-24)17-32-20(3)31-28-19(2)13-25(16-27(28)32)36-18-21-8-7-9-22(14-21)29(33)34/h7-11,13-16H,4-6,12,17-18H2,1-3H3,(H,33,34). The van der Waals surface area contributed by atoms with Crippen molar-refractivity contribution in [2.45, 2.75) is 53.2 Å². The molecule has 0 fully saturated rings. The number of nitrogens with zero attached hydrogens (tertiary/aromatic N) is 2. The van der Waals surface area contributed by atoms with Gasteiger partial charge in [-0.2, -0.15) is 0 Å². The number of carboxylic acid groups (broad SMARTS) is 1. The van der Waals surface area contributed by atoms with Crippen molar-refractivity contribution in [3.63, 3.8) is 0 Å². The Morgan fingerprint density at radius 3 is 2.61 bits per heavy atom. The molecule has 1 heterocycles. The Bertz CT molecular complexity index is 1380. The van der Waals surface area contributed by atoms with E-state index in [0.717, 1.165) is 58.6 Å². The van der Waals surface area contributed by atoms with Crippen molar-refractivity contribution in [2.24, 2.45) is 0 Å². The monoisotopic (exact) mass is 506 g/mol. The summed E-state index contributed by atoms with van der Waals surface area (Å²) in [5.41, 5.74) is 4.89. The molecule has 0 amide bonds. The van der Waals surface area contributed by atoms with Crippen LogP contribution in [0.2, 0.25) is 5.02 Å². The van der Waals surface area contributed by atoms with Crippen molar-refractivity contribution in [3.8, 4) is 11.5 Å². The van der Waals surface area contributed by atoms with Gasteiger partial charge >= 0.3 is 5.97 Å². The maximum Gasteiger partial charge on any atom is 0.335 e. The second-order valence-corrected chi connectivity index (χ2v) is 9.36. The Balaban J connectivity index is 1.54. The average Bonchev–Trinajstić information content (AvgIpc) is 3.17. The highest BCUT2D eigenvalue weighted by Gasteiger charge is 2.14. The quantitative estimate of drug-likeness (QED) is 0.218. The normalized spacial score (nSPS) is 11.1. The minimum Gasteiger partial charge on any atom is -0.494 e. The number of rotatable bonds is 11. The highest BCUT2D eigenvalue weighted by Crippen LogP contribution is 2.29. The zero-order valence-electron chi connectivity index (χ0n) is 20.9. The summed E-state index contributed by atoms with van der Waals surface area (Å²) < 4.78 is 14.0. The number of aromatic nitrogens is 2. The second kappa shape index (κ2) is 11.5. The fourth-order valence-electron chi connectivity index (χ4n) is 4.18. The minimum absolute atomic E-state index is 0.241. The topological polar surface area (TPSA) is 73.6 Å². The molecule has 0 unspecified atom stereocenters. The van der Waals surface area contributed by atoms with Crippen molar-refractivity contribution in [1.29, 1.82) is 0 Å². The van der Waals surface area contributed by atoms with Crippen molar-refractivity contribution in [3.05, 3.63) is 87.7 Å². The van der Waals surface area contributed by atoms with Crippen LogP contribution >= 0.6 is 11.6 Å². The first-order valence-corrected chi connectivity index (χ1v) is 12.6. The third-order valence-corrected chi connectivity index (χ3v) is 6.51. The lowest BCUT2D eigenvalue weighted by Gasteiger charge is -2.13. The Labute approximate surface area is 216 Å². The maximum atomic E-state index is 11.3. The fraction of sp³-hybridized carbons (Fsp3) is 0.310. The van der Waals surface area contributed by atoms with Crippen LogP contribution in [0.4, 0.5) is 0 Å². The average molecular weight is 507 g/mol. The van der Waals surface area contributed by atoms with Gasteiger partial charge in [0.25, 0.3) is 0 Å². The molecule has 4 rings (SSSR count). The summed E-state index contributed by atoms with van der Waals surface area (Å²) >= 11 is 6.62. The Morgan fingerprint density at radius 2 is 1.86 bits per heavy atom. The van der Waals surface area contributed by atoms with E-state index in [-0.39, 0.29) is 12.2 Å². The summed E-state index contributed by atoms with van der Waals surface area (Å²) in [7, 11) is 0. The van der Waals surface area contributed by atoms with Gasteiger partial charge in [-0.3, -0.25) is 0 Å². The Morgan fingerprint density at radius 1 is 1.03 bits per heavy atom. The molecule has 4 aromatic rings. The number of aromatic carboxylic acids is 1.